The largest absolute Gasteiger partial charge is 0.417 e. The van der Waals surface area contributed by atoms with Crippen molar-refractivity contribution in [3.8, 4) is 0 Å². The molecule has 1 aromatic carbocycles. The first-order valence-corrected chi connectivity index (χ1v) is 7.02. The smallest absolute Gasteiger partial charge is 0.408 e. The lowest BCUT2D eigenvalue weighted by molar-refractivity contribution is -0.120. The van der Waals surface area contributed by atoms with Crippen LogP contribution in [0.5, 0.6) is 0 Å². The van der Waals surface area contributed by atoms with Crippen LogP contribution in [-0.4, -0.2) is 29.0 Å². The van der Waals surface area contributed by atoms with E-state index in [-0.39, 0.29) is 6.04 Å². The molecule has 0 spiro atoms. The van der Waals surface area contributed by atoms with E-state index in [4.69, 9.17) is 4.42 Å². The number of aromatic nitrogens is 1. The van der Waals surface area contributed by atoms with Gasteiger partial charge in [0.05, 0.1) is 5.52 Å². The van der Waals surface area contributed by atoms with Crippen molar-refractivity contribution in [1.29, 1.82) is 0 Å². The van der Waals surface area contributed by atoms with Crippen LogP contribution in [0.15, 0.2) is 27.4 Å². The fraction of sp³-hybridized carbons (Fsp3) is 0.357. The SMILES string of the molecule is CC(Nc1ccc2oc(=O)[nH]c2c1)C(=O)NC(=O)NC1CC1. The summed E-state index contributed by atoms with van der Waals surface area (Å²) in [5.74, 6) is -0.964. The molecule has 22 heavy (non-hydrogen) atoms. The van der Waals surface area contributed by atoms with Crippen molar-refractivity contribution in [3.63, 3.8) is 0 Å². The Morgan fingerprint density at radius 3 is 2.86 bits per heavy atom. The summed E-state index contributed by atoms with van der Waals surface area (Å²) in [7, 11) is 0. The number of amides is 3. The van der Waals surface area contributed by atoms with Crippen LogP contribution in [0.4, 0.5) is 10.5 Å². The van der Waals surface area contributed by atoms with Crippen LogP contribution in [0.2, 0.25) is 0 Å². The van der Waals surface area contributed by atoms with Gasteiger partial charge in [0.25, 0.3) is 0 Å². The highest BCUT2D eigenvalue weighted by molar-refractivity contribution is 5.98. The van der Waals surface area contributed by atoms with Gasteiger partial charge < -0.3 is 15.1 Å². The first-order valence-electron chi connectivity index (χ1n) is 7.02. The second-order valence-corrected chi connectivity index (χ2v) is 5.33. The van der Waals surface area contributed by atoms with Crippen molar-refractivity contribution in [1.82, 2.24) is 15.6 Å². The van der Waals surface area contributed by atoms with Gasteiger partial charge in [0.15, 0.2) is 5.58 Å². The van der Waals surface area contributed by atoms with Gasteiger partial charge in [0, 0.05) is 11.7 Å². The fourth-order valence-electron chi connectivity index (χ4n) is 2.03. The molecule has 1 atom stereocenters. The maximum absolute atomic E-state index is 11.9. The fourth-order valence-corrected chi connectivity index (χ4v) is 2.03. The van der Waals surface area contributed by atoms with Gasteiger partial charge in [-0.15, -0.1) is 0 Å². The molecule has 1 fully saturated rings. The van der Waals surface area contributed by atoms with Gasteiger partial charge in [0.2, 0.25) is 5.91 Å². The normalized spacial score (nSPS) is 15.3. The summed E-state index contributed by atoms with van der Waals surface area (Å²) in [6.07, 6.45) is 1.91. The molecule has 2 aromatic rings. The van der Waals surface area contributed by atoms with Crippen molar-refractivity contribution in [2.45, 2.75) is 31.8 Å². The predicted octanol–water partition coefficient (Wildman–Crippen LogP) is 0.910. The summed E-state index contributed by atoms with van der Waals surface area (Å²) in [4.78, 5) is 37.1. The number of hydrogen-bond donors (Lipinski definition) is 4. The zero-order valence-corrected chi connectivity index (χ0v) is 11.9. The Kier molecular flexibility index (Phi) is 3.58. The summed E-state index contributed by atoms with van der Waals surface area (Å²) >= 11 is 0. The van der Waals surface area contributed by atoms with Crippen molar-refractivity contribution < 1.29 is 14.0 Å². The zero-order valence-electron chi connectivity index (χ0n) is 11.9. The number of benzene rings is 1. The van der Waals surface area contributed by atoms with E-state index >= 15 is 0 Å². The van der Waals surface area contributed by atoms with Crippen LogP contribution < -0.4 is 21.7 Å². The Bertz CT molecular complexity index is 774. The first kappa shape index (κ1) is 14.2. The number of oxazole rings is 1. The molecule has 1 saturated carbocycles. The molecular weight excluding hydrogens is 288 g/mol. The van der Waals surface area contributed by atoms with Crippen molar-refractivity contribution >= 4 is 28.7 Å². The minimum atomic E-state index is -0.610. The maximum Gasteiger partial charge on any atom is 0.417 e. The van der Waals surface area contributed by atoms with Crippen LogP contribution in [0.25, 0.3) is 11.1 Å². The number of rotatable bonds is 4. The number of anilines is 1. The summed E-state index contributed by atoms with van der Waals surface area (Å²) in [5.41, 5.74) is 1.61. The van der Waals surface area contributed by atoms with E-state index in [0.717, 1.165) is 12.8 Å². The molecule has 1 heterocycles. The Labute approximate surface area is 125 Å². The highest BCUT2D eigenvalue weighted by Gasteiger charge is 2.24. The molecular formula is C14H16N4O4. The van der Waals surface area contributed by atoms with Crippen molar-refractivity contribution in [2.75, 3.05) is 5.32 Å². The number of imide groups is 1. The standard InChI is InChI=1S/C14H16N4O4/c1-7(12(19)18-13(20)16-8-2-3-8)15-9-4-5-11-10(6-9)17-14(21)22-11/h4-8,15H,2-3H2,1H3,(H,17,21)(H2,16,18,19,20). The van der Waals surface area contributed by atoms with Crippen LogP contribution in [-0.2, 0) is 4.79 Å². The number of carbonyl (C=O) groups excluding carboxylic acids is 2. The Hall–Kier alpha value is -2.77. The first-order chi connectivity index (χ1) is 10.5. The number of urea groups is 1. The molecule has 0 aliphatic heterocycles. The highest BCUT2D eigenvalue weighted by atomic mass is 16.4. The van der Waals surface area contributed by atoms with Crippen LogP contribution in [0.1, 0.15) is 19.8 Å². The summed E-state index contributed by atoms with van der Waals surface area (Å²) in [6.45, 7) is 1.64. The van der Waals surface area contributed by atoms with Gasteiger partial charge in [-0.2, -0.15) is 0 Å². The van der Waals surface area contributed by atoms with E-state index < -0.39 is 23.7 Å². The van der Waals surface area contributed by atoms with Crippen molar-refractivity contribution in [2.24, 2.45) is 0 Å². The Morgan fingerprint density at radius 2 is 2.14 bits per heavy atom. The summed E-state index contributed by atoms with van der Waals surface area (Å²) < 4.78 is 4.90. The average molecular weight is 304 g/mol. The Balaban J connectivity index is 1.61. The number of H-pyrrole nitrogens is 1. The topological polar surface area (TPSA) is 116 Å². The highest BCUT2D eigenvalue weighted by Crippen LogP contribution is 2.18. The van der Waals surface area contributed by atoms with E-state index in [2.05, 4.69) is 20.9 Å². The maximum atomic E-state index is 11.9. The third kappa shape index (κ3) is 3.27. The molecule has 0 radical (unpaired) electrons. The van der Waals surface area contributed by atoms with E-state index in [0.29, 0.717) is 16.8 Å². The molecule has 0 saturated heterocycles. The molecule has 4 N–H and O–H groups in total. The lowest BCUT2D eigenvalue weighted by Crippen LogP contribution is -2.46. The van der Waals surface area contributed by atoms with Gasteiger partial charge >= 0.3 is 11.8 Å². The van der Waals surface area contributed by atoms with Gasteiger partial charge in [-0.3, -0.25) is 15.1 Å². The average Bonchev–Trinajstić information content (AvgIpc) is 3.17. The summed E-state index contributed by atoms with van der Waals surface area (Å²) in [5, 5.41) is 7.93. The van der Waals surface area contributed by atoms with E-state index in [1.54, 1.807) is 25.1 Å². The van der Waals surface area contributed by atoms with E-state index in [1.807, 2.05) is 0 Å². The molecule has 8 heteroatoms. The number of aromatic amines is 1. The van der Waals surface area contributed by atoms with Crippen molar-refractivity contribution in [3.05, 3.63) is 28.7 Å². The molecule has 3 amide bonds. The lowest BCUT2D eigenvalue weighted by atomic mass is 10.2. The monoisotopic (exact) mass is 304 g/mol. The second kappa shape index (κ2) is 5.55. The lowest BCUT2D eigenvalue weighted by Gasteiger charge is -2.14. The van der Waals surface area contributed by atoms with Gasteiger partial charge in [0.1, 0.15) is 6.04 Å². The molecule has 1 aliphatic carbocycles. The predicted molar refractivity (Wildman–Crippen MR) is 79.6 cm³/mol. The number of nitrogens with one attached hydrogen (secondary N) is 4. The molecule has 0 bridgehead atoms. The number of carbonyl (C=O) groups is 2. The molecule has 1 unspecified atom stereocenters. The van der Waals surface area contributed by atoms with Crippen LogP contribution in [0.3, 0.4) is 0 Å². The molecule has 116 valence electrons. The molecule has 1 aromatic heterocycles. The molecule has 3 rings (SSSR count). The van der Waals surface area contributed by atoms with Gasteiger partial charge in [-0.1, -0.05) is 0 Å². The quantitative estimate of drug-likeness (QED) is 0.670. The minimum Gasteiger partial charge on any atom is -0.408 e. The Morgan fingerprint density at radius 1 is 1.36 bits per heavy atom. The van der Waals surface area contributed by atoms with Crippen LogP contribution in [0, 0.1) is 0 Å². The minimum absolute atomic E-state index is 0.191. The zero-order chi connectivity index (χ0) is 15.7. The second-order valence-electron chi connectivity index (χ2n) is 5.33. The third-order valence-corrected chi connectivity index (χ3v) is 3.34. The number of hydrogen-bond acceptors (Lipinski definition) is 5. The van der Waals surface area contributed by atoms with E-state index in [1.165, 1.54) is 0 Å². The van der Waals surface area contributed by atoms with E-state index in [9.17, 15) is 14.4 Å². The van der Waals surface area contributed by atoms with Crippen LogP contribution >= 0.6 is 0 Å². The number of fused-ring (bicyclic) bond motifs is 1. The summed E-state index contributed by atoms with van der Waals surface area (Å²) in [6, 6.07) is 4.08. The van der Waals surface area contributed by atoms with Gasteiger partial charge in [-0.25, -0.2) is 9.59 Å². The third-order valence-electron chi connectivity index (χ3n) is 3.34. The molecule has 8 nitrogen and oxygen atoms in total. The molecule has 1 aliphatic rings. The van der Waals surface area contributed by atoms with Gasteiger partial charge in [-0.05, 0) is 38.0 Å².